The first-order valence-corrected chi connectivity index (χ1v) is 35.2. The van der Waals surface area contributed by atoms with Gasteiger partial charge in [0.25, 0.3) is 0 Å². The minimum atomic E-state index is 1.16. The van der Waals surface area contributed by atoms with Gasteiger partial charge in [-0.2, -0.15) is 0 Å². The highest BCUT2D eigenvalue weighted by atomic mass is 15.0. The summed E-state index contributed by atoms with van der Waals surface area (Å²) >= 11 is 0. The molecule has 20 aromatic rings. The van der Waals surface area contributed by atoms with E-state index in [1.807, 2.05) is 0 Å². The molecule has 0 amide bonds. The molecule has 0 aliphatic heterocycles. The fourth-order valence-corrected chi connectivity index (χ4v) is 15.6. The van der Waals surface area contributed by atoms with E-state index < -0.39 is 0 Å². The van der Waals surface area contributed by atoms with Crippen LogP contribution in [0.15, 0.2) is 400 Å². The molecule has 2 nitrogen and oxygen atoms in total. The SMILES string of the molecule is c1ccc(-n2c3ccc(-c4ccc(-c5ccc6ccccc6c5)cc4)cc3c3cc(-c4ccc(-c5ccc6ccccc6c5)cc4)ccc32)cc1.c1ccc(-n2c3ccc(-c4ccc(-c5cccc6ccccc56)cc4)cc3c3cc(-c4ccc(-c5cccc6ccccc56)cc4)ccc32)cc1. The number of benzene rings is 18. The third kappa shape index (κ3) is 11.0. The molecule has 0 aliphatic carbocycles. The molecule has 0 radical (unpaired) electrons. The van der Waals surface area contributed by atoms with Crippen molar-refractivity contribution in [3.63, 3.8) is 0 Å². The molecule has 0 saturated carbocycles. The first-order chi connectivity index (χ1) is 50.5. The van der Waals surface area contributed by atoms with Crippen molar-refractivity contribution in [1.29, 1.82) is 0 Å². The highest BCUT2D eigenvalue weighted by molar-refractivity contribution is 6.13. The second-order valence-electron chi connectivity index (χ2n) is 26.8. The first-order valence-electron chi connectivity index (χ1n) is 35.2. The summed E-state index contributed by atoms with van der Waals surface area (Å²) in [5.74, 6) is 0. The molecule has 0 fully saturated rings. The zero-order valence-corrected chi connectivity index (χ0v) is 56.0. The molecule has 2 heterocycles. The summed E-state index contributed by atoms with van der Waals surface area (Å²) in [6, 6.07) is 146. The summed E-state index contributed by atoms with van der Waals surface area (Å²) in [6.45, 7) is 0. The molecule has 476 valence electrons. The van der Waals surface area contributed by atoms with Crippen LogP contribution in [0.4, 0.5) is 0 Å². The number of rotatable bonds is 10. The second kappa shape index (κ2) is 25.5. The topological polar surface area (TPSA) is 9.86 Å². The van der Waals surface area contributed by atoms with Crippen LogP contribution in [0.25, 0.3) is 187 Å². The molecule has 20 rings (SSSR count). The van der Waals surface area contributed by atoms with Gasteiger partial charge in [0.05, 0.1) is 22.1 Å². The Balaban J connectivity index is 0.000000141. The van der Waals surface area contributed by atoms with Crippen LogP contribution in [0.3, 0.4) is 0 Å². The Hall–Kier alpha value is -13.4. The Morgan fingerprint density at radius 2 is 0.363 bits per heavy atom. The van der Waals surface area contributed by atoms with Crippen molar-refractivity contribution in [3.05, 3.63) is 400 Å². The lowest BCUT2D eigenvalue weighted by Crippen LogP contribution is -1.93. The van der Waals surface area contributed by atoms with E-state index in [9.17, 15) is 0 Å². The number of hydrogen-bond donors (Lipinski definition) is 0. The Morgan fingerprint density at radius 3 is 0.686 bits per heavy atom. The lowest BCUT2D eigenvalue weighted by molar-refractivity contribution is 1.18. The summed E-state index contributed by atoms with van der Waals surface area (Å²) in [5.41, 5.74) is 26.7. The van der Waals surface area contributed by atoms with Gasteiger partial charge in [0, 0.05) is 32.9 Å². The Bertz CT molecular complexity index is 6190. The van der Waals surface area contributed by atoms with Crippen LogP contribution >= 0.6 is 0 Å². The van der Waals surface area contributed by atoms with E-state index in [-0.39, 0.29) is 0 Å². The zero-order chi connectivity index (χ0) is 67.5. The van der Waals surface area contributed by atoms with Crippen molar-refractivity contribution < 1.29 is 0 Å². The van der Waals surface area contributed by atoms with E-state index in [1.54, 1.807) is 0 Å². The molecule has 0 bridgehead atoms. The highest BCUT2D eigenvalue weighted by Gasteiger charge is 2.18. The molecular weight excluding hydrogens is 1230 g/mol. The molecule has 0 N–H and O–H groups in total. The number of hydrogen-bond acceptors (Lipinski definition) is 0. The van der Waals surface area contributed by atoms with Crippen molar-refractivity contribution in [2.24, 2.45) is 0 Å². The van der Waals surface area contributed by atoms with Gasteiger partial charge in [-0.3, -0.25) is 0 Å². The van der Waals surface area contributed by atoms with Crippen LogP contribution in [0.1, 0.15) is 0 Å². The van der Waals surface area contributed by atoms with Gasteiger partial charge < -0.3 is 9.13 Å². The lowest BCUT2D eigenvalue weighted by Gasteiger charge is -2.10. The van der Waals surface area contributed by atoms with Gasteiger partial charge in [0.1, 0.15) is 0 Å². The van der Waals surface area contributed by atoms with E-state index >= 15 is 0 Å². The minimum Gasteiger partial charge on any atom is -0.309 e. The van der Waals surface area contributed by atoms with E-state index in [0.717, 1.165) is 11.4 Å². The lowest BCUT2D eigenvalue weighted by atomic mass is 9.95. The molecule has 0 spiro atoms. The van der Waals surface area contributed by atoms with Crippen LogP contribution in [0.2, 0.25) is 0 Å². The average molecular weight is 1300 g/mol. The molecule has 2 aromatic heterocycles. The van der Waals surface area contributed by atoms with Crippen LogP contribution in [0.5, 0.6) is 0 Å². The van der Waals surface area contributed by atoms with Gasteiger partial charge >= 0.3 is 0 Å². The maximum Gasteiger partial charge on any atom is 0.0541 e. The van der Waals surface area contributed by atoms with E-state index in [0.29, 0.717) is 0 Å². The van der Waals surface area contributed by atoms with Crippen molar-refractivity contribution in [2.75, 3.05) is 0 Å². The molecule has 0 saturated heterocycles. The Labute approximate surface area is 592 Å². The van der Waals surface area contributed by atoms with E-state index in [1.165, 1.54) is 176 Å². The summed E-state index contributed by atoms with van der Waals surface area (Å²) in [4.78, 5) is 0. The first kappa shape index (κ1) is 59.8. The van der Waals surface area contributed by atoms with Crippen molar-refractivity contribution in [3.8, 4) is 100 Å². The van der Waals surface area contributed by atoms with Crippen LogP contribution in [-0.4, -0.2) is 9.13 Å². The Morgan fingerprint density at radius 1 is 0.127 bits per heavy atom. The standard InChI is InChI=1S/2C50H33N/c1-2-14-42(15-3-1)51-49-30-28-40(34-20-24-38(25-21-34)45-18-8-12-36-10-4-6-16-43(36)45)32-47(49)48-33-41(29-31-50(48)51)35-22-26-39(27-23-35)46-19-9-13-37-11-5-7-17-44(37)46;1-2-12-46(13-3-1)51-49-28-26-44(38-18-14-36(15-19-38)42-24-22-34-8-4-6-10-40(34)30-42)32-47(49)48-33-45(27-29-50(48)51)39-20-16-37(17-21-39)43-25-23-35-9-5-7-11-41(35)31-43/h2*1-33H. The molecule has 0 aliphatic rings. The van der Waals surface area contributed by atoms with Gasteiger partial charge in [-0.15, -0.1) is 0 Å². The van der Waals surface area contributed by atoms with Gasteiger partial charge in [-0.25, -0.2) is 0 Å². The third-order valence-electron chi connectivity index (χ3n) is 20.8. The third-order valence-corrected chi connectivity index (χ3v) is 20.8. The quantitative estimate of drug-likeness (QED) is 0.129. The van der Waals surface area contributed by atoms with E-state index in [4.69, 9.17) is 0 Å². The van der Waals surface area contributed by atoms with Crippen molar-refractivity contribution >= 4 is 86.7 Å². The Kier molecular flexibility index (Phi) is 14.9. The van der Waals surface area contributed by atoms with Crippen molar-refractivity contribution in [2.45, 2.75) is 0 Å². The summed E-state index contributed by atoms with van der Waals surface area (Å²) < 4.78 is 4.79. The smallest absolute Gasteiger partial charge is 0.0541 e. The summed E-state index contributed by atoms with van der Waals surface area (Å²) in [6.07, 6.45) is 0. The summed E-state index contributed by atoms with van der Waals surface area (Å²) in [7, 11) is 0. The normalized spacial score (nSPS) is 11.5. The predicted molar refractivity (Wildman–Crippen MR) is 435 cm³/mol. The molecule has 2 heteroatoms. The van der Waals surface area contributed by atoms with Crippen LogP contribution in [0, 0.1) is 0 Å². The monoisotopic (exact) mass is 1290 g/mol. The maximum atomic E-state index is 2.39. The fraction of sp³-hybridized carbons (Fsp3) is 0. The molecule has 0 atom stereocenters. The zero-order valence-electron chi connectivity index (χ0n) is 56.0. The number of para-hydroxylation sites is 2. The summed E-state index contributed by atoms with van der Waals surface area (Å²) in [5, 5.41) is 15.1. The van der Waals surface area contributed by atoms with Crippen molar-refractivity contribution in [1.82, 2.24) is 9.13 Å². The second-order valence-corrected chi connectivity index (χ2v) is 26.8. The van der Waals surface area contributed by atoms with Gasteiger partial charge in [-0.1, -0.05) is 315 Å². The van der Waals surface area contributed by atoms with E-state index in [2.05, 4.69) is 410 Å². The number of nitrogens with zero attached hydrogens (tertiary/aromatic N) is 2. The van der Waals surface area contributed by atoms with Gasteiger partial charge in [0.2, 0.25) is 0 Å². The predicted octanol–water partition coefficient (Wildman–Crippen LogP) is 27.5. The number of aromatic nitrogens is 2. The molecule has 18 aromatic carbocycles. The van der Waals surface area contributed by atoms with Crippen LogP contribution in [-0.2, 0) is 0 Å². The minimum absolute atomic E-state index is 1.16. The average Bonchev–Trinajstić information content (AvgIpc) is 1.55. The highest BCUT2D eigenvalue weighted by Crippen LogP contribution is 2.42. The van der Waals surface area contributed by atoms with Gasteiger partial charge in [-0.05, 0) is 217 Å². The van der Waals surface area contributed by atoms with Crippen LogP contribution < -0.4 is 0 Å². The molecule has 0 unspecified atom stereocenters. The largest absolute Gasteiger partial charge is 0.309 e. The number of fused-ring (bicyclic) bond motifs is 10. The van der Waals surface area contributed by atoms with Gasteiger partial charge in [0.15, 0.2) is 0 Å². The maximum absolute atomic E-state index is 2.39. The molecular formula is C100H66N2. The fourth-order valence-electron chi connectivity index (χ4n) is 15.6. The molecule has 102 heavy (non-hydrogen) atoms.